The minimum absolute atomic E-state index is 0.111. The van der Waals surface area contributed by atoms with Crippen molar-refractivity contribution in [2.45, 2.75) is 33.2 Å². The number of carbonyl (C=O) groups is 1. The molecule has 108 valence electrons. The Hall–Kier alpha value is -1.50. The highest BCUT2D eigenvalue weighted by molar-refractivity contribution is 6.32. The van der Waals surface area contributed by atoms with Gasteiger partial charge >= 0.3 is 0 Å². The van der Waals surface area contributed by atoms with Crippen LogP contribution in [0.15, 0.2) is 18.2 Å². The predicted octanol–water partition coefficient (Wildman–Crippen LogP) is 2.85. The van der Waals surface area contributed by atoms with E-state index in [0.717, 1.165) is 6.42 Å². The summed E-state index contributed by atoms with van der Waals surface area (Å²) < 4.78 is 0. The molecule has 0 radical (unpaired) electrons. The summed E-state index contributed by atoms with van der Waals surface area (Å²) in [5.41, 5.74) is 1.12. The fourth-order valence-electron chi connectivity index (χ4n) is 1.68. The van der Waals surface area contributed by atoms with E-state index in [1.807, 2.05) is 6.92 Å². The van der Waals surface area contributed by atoms with Crippen LogP contribution in [0.25, 0.3) is 0 Å². The maximum absolute atomic E-state index is 12.1. The highest BCUT2D eigenvalue weighted by atomic mass is 35.5. The standard InChI is InChI=1S/C16H20ClNO2/c1-4-11(2)12(3)18-16(20)14-8-7-13(6-5-9-19)15(17)10-14/h7-8,10-12,19H,4,9H2,1-3H3,(H,18,20). The molecule has 1 amide bonds. The number of nitrogens with one attached hydrogen (secondary N) is 1. The normalized spacial score (nSPS) is 13.1. The van der Waals surface area contributed by atoms with Crippen LogP contribution in [0.5, 0.6) is 0 Å². The molecule has 1 aromatic carbocycles. The predicted molar refractivity (Wildman–Crippen MR) is 81.8 cm³/mol. The Morgan fingerprint density at radius 1 is 1.45 bits per heavy atom. The Kier molecular flexibility index (Phi) is 6.57. The smallest absolute Gasteiger partial charge is 0.251 e. The zero-order chi connectivity index (χ0) is 15.1. The molecule has 0 saturated heterocycles. The first kappa shape index (κ1) is 16.6. The van der Waals surface area contributed by atoms with E-state index in [0.29, 0.717) is 22.1 Å². The van der Waals surface area contributed by atoms with Crippen molar-refractivity contribution in [3.63, 3.8) is 0 Å². The van der Waals surface area contributed by atoms with Gasteiger partial charge in [-0.3, -0.25) is 4.79 Å². The van der Waals surface area contributed by atoms with Crippen LogP contribution < -0.4 is 5.32 Å². The highest BCUT2D eigenvalue weighted by Crippen LogP contribution is 2.17. The zero-order valence-corrected chi connectivity index (χ0v) is 12.8. The summed E-state index contributed by atoms with van der Waals surface area (Å²) in [5, 5.41) is 12.0. The van der Waals surface area contributed by atoms with Crippen molar-refractivity contribution in [1.82, 2.24) is 5.32 Å². The molecule has 1 rings (SSSR count). The average molecular weight is 294 g/mol. The molecule has 0 aromatic heterocycles. The first-order valence-electron chi connectivity index (χ1n) is 6.69. The highest BCUT2D eigenvalue weighted by Gasteiger charge is 2.15. The molecule has 2 atom stereocenters. The van der Waals surface area contributed by atoms with Gasteiger partial charge in [-0.2, -0.15) is 0 Å². The van der Waals surface area contributed by atoms with Crippen molar-refractivity contribution in [2.24, 2.45) is 5.92 Å². The van der Waals surface area contributed by atoms with E-state index >= 15 is 0 Å². The van der Waals surface area contributed by atoms with Gasteiger partial charge in [0.15, 0.2) is 0 Å². The van der Waals surface area contributed by atoms with Crippen LogP contribution in [0.3, 0.4) is 0 Å². The van der Waals surface area contributed by atoms with Gasteiger partial charge in [-0.25, -0.2) is 0 Å². The minimum atomic E-state index is -0.217. The van der Waals surface area contributed by atoms with E-state index in [4.69, 9.17) is 16.7 Å². The van der Waals surface area contributed by atoms with Crippen LogP contribution in [0.1, 0.15) is 43.1 Å². The Balaban J connectivity index is 2.82. The summed E-state index contributed by atoms with van der Waals surface area (Å²) in [5.74, 6) is 5.55. The van der Waals surface area contributed by atoms with Crippen LogP contribution in [0, 0.1) is 17.8 Å². The molecule has 0 aliphatic rings. The van der Waals surface area contributed by atoms with Crippen molar-refractivity contribution in [2.75, 3.05) is 6.61 Å². The molecule has 1 aromatic rings. The van der Waals surface area contributed by atoms with Gasteiger partial charge in [0.05, 0.1) is 5.02 Å². The fourth-order valence-corrected chi connectivity index (χ4v) is 1.91. The summed E-state index contributed by atoms with van der Waals surface area (Å²) in [6.07, 6.45) is 1.01. The van der Waals surface area contributed by atoms with Crippen LogP contribution in [0.4, 0.5) is 0 Å². The second-order valence-electron chi connectivity index (χ2n) is 4.80. The Labute approximate surface area is 125 Å². The van der Waals surface area contributed by atoms with Gasteiger partial charge in [-0.1, -0.05) is 43.7 Å². The number of aliphatic hydroxyl groups is 1. The van der Waals surface area contributed by atoms with E-state index < -0.39 is 0 Å². The monoisotopic (exact) mass is 293 g/mol. The summed E-state index contributed by atoms with van der Waals surface area (Å²) in [4.78, 5) is 12.1. The summed E-state index contributed by atoms with van der Waals surface area (Å²) >= 11 is 6.07. The van der Waals surface area contributed by atoms with Gasteiger partial charge in [0, 0.05) is 17.2 Å². The van der Waals surface area contributed by atoms with Gasteiger partial charge < -0.3 is 10.4 Å². The third-order valence-corrected chi connectivity index (χ3v) is 3.70. The minimum Gasteiger partial charge on any atom is -0.384 e. The van der Waals surface area contributed by atoms with Crippen molar-refractivity contribution < 1.29 is 9.90 Å². The zero-order valence-electron chi connectivity index (χ0n) is 12.0. The lowest BCUT2D eigenvalue weighted by Crippen LogP contribution is -2.36. The Bertz CT molecular complexity index is 531. The maximum Gasteiger partial charge on any atom is 0.251 e. The number of carbonyl (C=O) groups excluding carboxylic acids is 1. The largest absolute Gasteiger partial charge is 0.384 e. The van der Waals surface area contributed by atoms with Gasteiger partial charge in [0.2, 0.25) is 0 Å². The molecule has 0 aliphatic carbocycles. The van der Waals surface area contributed by atoms with E-state index in [1.54, 1.807) is 18.2 Å². The van der Waals surface area contributed by atoms with Crippen LogP contribution in [0.2, 0.25) is 5.02 Å². The SMILES string of the molecule is CCC(C)C(C)NC(=O)c1ccc(C#CCO)c(Cl)c1. The molecule has 0 heterocycles. The van der Waals surface area contributed by atoms with E-state index in [1.165, 1.54) is 0 Å². The lowest BCUT2D eigenvalue weighted by molar-refractivity contribution is 0.0928. The van der Waals surface area contributed by atoms with Crippen molar-refractivity contribution in [1.29, 1.82) is 0 Å². The van der Waals surface area contributed by atoms with E-state index in [9.17, 15) is 4.79 Å². The van der Waals surface area contributed by atoms with Crippen molar-refractivity contribution >= 4 is 17.5 Å². The van der Waals surface area contributed by atoms with E-state index in [2.05, 4.69) is 31.0 Å². The average Bonchev–Trinajstić information content (AvgIpc) is 2.44. The van der Waals surface area contributed by atoms with Gasteiger partial charge in [0.1, 0.15) is 6.61 Å². The maximum atomic E-state index is 12.1. The molecule has 2 N–H and O–H groups in total. The van der Waals surface area contributed by atoms with Crippen molar-refractivity contribution in [3.05, 3.63) is 34.3 Å². The first-order valence-corrected chi connectivity index (χ1v) is 7.07. The molecule has 4 heteroatoms. The molecule has 0 fully saturated rings. The topological polar surface area (TPSA) is 49.3 Å². The number of hydrogen-bond acceptors (Lipinski definition) is 2. The number of amides is 1. The summed E-state index contributed by atoms with van der Waals surface area (Å²) in [6.45, 7) is 5.98. The summed E-state index contributed by atoms with van der Waals surface area (Å²) in [7, 11) is 0. The van der Waals surface area contributed by atoms with Crippen LogP contribution >= 0.6 is 11.6 Å². The molecule has 0 spiro atoms. The third kappa shape index (κ3) is 4.56. The molecular formula is C16H20ClNO2. The lowest BCUT2D eigenvalue weighted by Gasteiger charge is -2.19. The molecule has 0 aliphatic heterocycles. The molecule has 20 heavy (non-hydrogen) atoms. The third-order valence-electron chi connectivity index (χ3n) is 3.39. The van der Waals surface area contributed by atoms with Crippen LogP contribution in [-0.2, 0) is 0 Å². The summed E-state index contributed by atoms with van der Waals surface area (Å²) in [6, 6.07) is 5.08. The van der Waals surface area contributed by atoms with Gasteiger partial charge in [-0.15, -0.1) is 0 Å². The number of hydrogen-bond donors (Lipinski definition) is 2. The van der Waals surface area contributed by atoms with Crippen molar-refractivity contribution in [3.8, 4) is 11.8 Å². The Morgan fingerprint density at radius 3 is 2.70 bits per heavy atom. The fraction of sp³-hybridized carbons (Fsp3) is 0.438. The number of rotatable bonds is 4. The van der Waals surface area contributed by atoms with Gasteiger partial charge in [-0.05, 0) is 31.0 Å². The number of aliphatic hydroxyl groups excluding tert-OH is 1. The first-order chi connectivity index (χ1) is 9.49. The molecule has 0 bridgehead atoms. The molecular weight excluding hydrogens is 274 g/mol. The van der Waals surface area contributed by atoms with Gasteiger partial charge in [0.25, 0.3) is 5.91 Å². The number of benzene rings is 1. The molecule has 3 nitrogen and oxygen atoms in total. The van der Waals surface area contributed by atoms with Crippen LogP contribution in [-0.4, -0.2) is 23.7 Å². The second-order valence-corrected chi connectivity index (χ2v) is 5.21. The molecule has 2 unspecified atom stereocenters. The quantitative estimate of drug-likeness (QED) is 0.839. The second kappa shape index (κ2) is 7.94. The lowest BCUT2D eigenvalue weighted by atomic mass is 10.0. The molecule has 0 saturated carbocycles. The number of halogens is 1. The Morgan fingerprint density at radius 2 is 2.15 bits per heavy atom. The van der Waals surface area contributed by atoms with E-state index in [-0.39, 0.29) is 18.6 Å².